The van der Waals surface area contributed by atoms with E-state index in [2.05, 4.69) is 32.7 Å². The molecule has 42 heavy (non-hydrogen) atoms. The van der Waals surface area contributed by atoms with Crippen molar-refractivity contribution in [3.8, 4) is 6.01 Å². The quantitative estimate of drug-likeness (QED) is 0.218. The van der Waals surface area contributed by atoms with Crippen molar-refractivity contribution in [1.82, 2.24) is 25.2 Å². The van der Waals surface area contributed by atoms with Gasteiger partial charge in [-0.25, -0.2) is 28.5 Å². The zero-order valence-corrected chi connectivity index (χ0v) is 23.4. The number of carbonyl (C=O) groups is 2. The first-order chi connectivity index (χ1) is 20.4. The van der Waals surface area contributed by atoms with E-state index in [0.29, 0.717) is 19.6 Å². The smallest absolute Gasteiger partial charge is 0.326 e. The first kappa shape index (κ1) is 30.8. The molecule has 0 bridgehead atoms. The van der Waals surface area contributed by atoms with Gasteiger partial charge in [0.25, 0.3) is 0 Å². The number of nitrogens with one attached hydrogen (secondary N) is 2. The molecule has 3 heterocycles. The SMILES string of the molecule is O=C(Cc1ccccc1F)NC(CCN(CCCCc1ccc2c(n1)NCCC2)CCOc1ncc(F)cn1)C(=O)O. The summed E-state index contributed by atoms with van der Waals surface area (Å²) in [6, 6.07) is 9.01. The predicted octanol–water partition coefficient (Wildman–Crippen LogP) is 3.41. The lowest BCUT2D eigenvalue weighted by Crippen LogP contribution is -2.44. The van der Waals surface area contributed by atoms with E-state index >= 15 is 0 Å². The zero-order valence-electron chi connectivity index (χ0n) is 23.4. The molecule has 1 aromatic carbocycles. The normalized spacial score (nSPS) is 13.2. The molecule has 0 saturated heterocycles. The van der Waals surface area contributed by atoms with Crippen molar-refractivity contribution in [3.63, 3.8) is 0 Å². The number of nitrogens with zero attached hydrogens (tertiary/aromatic N) is 4. The molecule has 224 valence electrons. The van der Waals surface area contributed by atoms with Gasteiger partial charge in [-0.15, -0.1) is 0 Å². The van der Waals surface area contributed by atoms with Crippen molar-refractivity contribution in [2.45, 2.75) is 51.0 Å². The molecule has 0 saturated carbocycles. The number of anilines is 1. The van der Waals surface area contributed by atoms with Crippen LogP contribution in [0.15, 0.2) is 48.8 Å². The van der Waals surface area contributed by atoms with Gasteiger partial charge < -0.3 is 20.5 Å². The Labute approximate surface area is 243 Å². The summed E-state index contributed by atoms with van der Waals surface area (Å²) >= 11 is 0. The van der Waals surface area contributed by atoms with Crippen LogP contribution in [0.1, 0.15) is 42.5 Å². The van der Waals surface area contributed by atoms with Gasteiger partial charge in [0.2, 0.25) is 5.91 Å². The second kappa shape index (κ2) is 15.7. The molecule has 1 aliphatic rings. The number of pyridine rings is 1. The van der Waals surface area contributed by atoms with Gasteiger partial charge in [0.15, 0.2) is 5.82 Å². The Morgan fingerprint density at radius 3 is 2.67 bits per heavy atom. The minimum atomic E-state index is -1.17. The molecule has 4 rings (SSSR count). The van der Waals surface area contributed by atoms with Crippen LogP contribution in [0, 0.1) is 11.6 Å². The number of unbranched alkanes of at least 4 members (excludes halogenated alkanes) is 1. The number of ether oxygens (including phenoxy) is 1. The molecule has 1 atom stereocenters. The van der Waals surface area contributed by atoms with E-state index in [1.54, 1.807) is 6.07 Å². The summed E-state index contributed by atoms with van der Waals surface area (Å²) in [5.41, 5.74) is 2.47. The number of hydrogen-bond donors (Lipinski definition) is 3. The molecular formula is C30H36F2N6O4. The number of halogens is 2. The fraction of sp³-hybridized carbons (Fsp3) is 0.433. The summed E-state index contributed by atoms with van der Waals surface area (Å²) in [6.45, 7) is 2.61. The first-order valence-corrected chi connectivity index (χ1v) is 14.2. The highest BCUT2D eigenvalue weighted by Gasteiger charge is 2.22. The molecule has 1 unspecified atom stereocenters. The first-order valence-electron chi connectivity index (χ1n) is 14.2. The van der Waals surface area contributed by atoms with E-state index < -0.39 is 29.6 Å². The Morgan fingerprint density at radius 1 is 1.07 bits per heavy atom. The average molecular weight is 583 g/mol. The molecule has 1 aliphatic heterocycles. The highest BCUT2D eigenvalue weighted by molar-refractivity contribution is 5.84. The summed E-state index contributed by atoms with van der Waals surface area (Å²) in [5, 5.41) is 15.6. The largest absolute Gasteiger partial charge is 0.480 e. The standard InChI is InChI=1S/C30H36F2N6O4/c31-23-19-34-30(35-20-23)42-17-16-38(14-4-3-8-24-11-10-21-7-5-13-33-28(21)36-24)15-12-26(29(40)41)37-27(39)18-22-6-1-2-9-25(22)32/h1-2,6,9-11,19-20,26H,3-5,7-8,12-18H2,(H,33,36)(H,37,39)(H,40,41). The lowest BCUT2D eigenvalue weighted by Gasteiger charge is -2.24. The maximum atomic E-state index is 13.9. The maximum Gasteiger partial charge on any atom is 0.326 e. The molecule has 12 heteroatoms. The van der Waals surface area contributed by atoms with Crippen LogP contribution in [-0.4, -0.2) is 75.7 Å². The number of carbonyl (C=O) groups excluding carboxylic acids is 1. The minimum absolute atomic E-state index is 0.0484. The van der Waals surface area contributed by atoms with E-state index in [1.165, 1.54) is 23.8 Å². The summed E-state index contributed by atoms with van der Waals surface area (Å²) in [4.78, 5) is 38.8. The van der Waals surface area contributed by atoms with Gasteiger partial charge in [-0.3, -0.25) is 9.69 Å². The number of rotatable bonds is 16. The molecule has 2 aromatic heterocycles. The van der Waals surface area contributed by atoms with Crippen LogP contribution in [0.4, 0.5) is 14.6 Å². The lowest BCUT2D eigenvalue weighted by atomic mass is 10.1. The second-order valence-corrected chi connectivity index (χ2v) is 10.2. The lowest BCUT2D eigenvalue weighted by molar-refractivity contribution is -0.142. The summed E-state index contributed by atoms with van der Waals surface area (Å²) in [6.07, 6.45) is 6.60. The number of fused-ring (bicyclic) bond motifs is 1. The van der Waals surface area contributed by atoms with Gasteiger partial charge in [-0.2, -0.15) is 0 Å². The monoisotopic (exact) mass is 582 g/mol. The zero-order chi connectivity index (χ0) is 29.7. The Hall–Kier alpha value is -4.19. The van der Waals surface area contributed by atoms with E-state index in [4.69, 9.17) is 9.72 Å². The number of aromatic nitrogens is 3. The Balaban J connectivity index is 1.29. The summed E-state index contributed by atoms with van der Waals surface area (Å²) in [5.74, 6) is -1.84. The molecule has 1 amide bonds. The molecule has 0 spiro atoms. The fourth-order valence-electron chi connectivity index (χ4n) is 4.76. The number of carboxylic acids is 1. The molecule has 0 fully saturated rings. The van der Waals surface area contributed by atoms with Crippen molar-refractivity contribution in [3.05, 3.63) is 77.2 Å². The third-order valence-electron chi connectivity index (χ3n) is 7.02. The number of hydrogen-bond acceptors (Lipinski definition) is 8. The van der Waals surface area contributed by atoms with Crippen LogP contribution in [-0.2, 0) is 28.9 Å². The van der Waals surface area contributed by atoms with Crippen molar-refractivity contribution < 1.29 is 28.2 Å². The number of amides is 1. The van der Waals surface area contributed by atoms with Gasteiger partial charge in [-0.1, -0.05) is 24.3 Å². The van der Waals surface area contributed by atoms with E-state index in [0.717, 1.165) is 62.6 Å². The van der Waals surface area contributed by atoms with Crippen LogP contribution in [0.2, 0.25) is 0 Å². The molecule has 10 nitrogen and oxygen atoms in total. The molecule has 3 N–H and O–H groups in total. The van der Waals surface area contributed by atoms with Crippen LogP contribution >= 0.6 is 0 Å². The molecule has 3 aromatic rings. The summed E-state index contributed by atoms with van der Waals surface area (Å²) in [7, 11) is 0. The van der Waals surface area contributed by atoms with Crippen molar-refractivity contribution >= 4 is 17.7 Å². The minimum Gasteiger partial charge on any atom is -0.480 e. The number of aryl methyl sites for hydroxylation is 2. The highest BCUT2D eigenvalue weighted by atomic mass is 19.1. The highest BCUT2D eigenvalue weighted by Crippen LogP contribution is 2.20. The van der Waals surface area contributed by atoms with Gasteiger partial charge in [-0.05, 0) is 68.3 Å². The third kappa shape index (κ3) is 9.72. The topological polar surface area (TPSA) is 130 Å². The van der Waals surface area contributed by atoms with Crippen molar-refractivity contribution in [2.24, 2.45) is 0 Å². The van der Waals surface area contributed by atoms with Crippen LogP contribution in [0.25, 0.3) is 0 Å². The van der Waals surface area contributed by atoms with Gasteiger partial charge in [0.05, 0.1) is 18.8 Å². The van der Waals surface area contributed by atoms with E-state index in [9.17, 15) is 23.5 Å². The van der Waals surface area contributed by atoms with E-state index in [-0.39, 0.29) is 31.0 Å². The summed E-state index contributed by atoms with van der Waals surface area (Å²) < 4.78 is 32.6. The van der Waals surface area contributed by atoms with Crippen LogP contribution in [0.3, 0.4) is 0 Å². The number of benzene rings is 1. The van der Waals surface area contributed by atoms with Crippen LogP contribution in [0.5, 0.6) is 6.01 Å². The van der Waals surface area contributed by atoms with Crippen LogP contribution < -0.4 is 15.4 Å². The number of carboxylic acid groups (broad SMARTS) is 1. The fourth-order valence-corrected chi connectivity index (χ4v) is 4.76. The van der Waals surface area contributed by atoms with Crippen molar-refractivity contribution in [1.29, 1.82) is 0 Å². The molecular weight excluding hydrogens is 546 g/mol. The van der Waals surface area contributed by atoms with Gasteiger partial charge >= 0.3 is 12.0 Å². The predicted molar refractivity (Wildman–Crippen MR) is 152 cm³/mol. The average Bonchev–Trinajstić information content (AvgIpc) is 2.99. The molecule has 0 aliphatic carbocycles. The molecule has 0 radical (unpaired) electrons. The maximum absolute atomic E-state index is 13.9. The van der Waals surface area contributed by atoms with Crippen molar-refractivity contribution in [2.75, 3.05) is 38.1 Å². The Morgan fingerprint density at radius 2 is 1.88 bits per heavy atom. The third-order valence-corrected chi connectivity index (χ3v) is 7.02. The Kier molecular flexibility index (Phi) is 11.5. The van der Waals surface area contributed by atoms with Gasteiger partial charge in [0, 0.05) is 25.3 Å². The Bertz CT molecular complexity index is 1330. The second-order valence-electron chi connectivity index (χ2n) is 10.2. The van der Waals surface area contributed by atoms with Gasteiger partial charge in [0.1, 0.15) is 24.3 Å². The van der Waals surface area contributed by atoms with E-state index in [1.807, 2.05) is 4.90 Å². The number of aliphatic carboxylic acids is 1.